The predicted octanol–water partition coefficient (Wildman–Crippen LogP) is 1.96. The second kappa shape index (κ2) is 7.93. The number of rotatable bonds is 6. The van der Waals surface area contributed by atoms with Gasteiger partial charge in [0, 0.05) is 44.0 Å². The molecule has 0 amide bonds. The zero-order chi connectivity index (χ0) is 17.8. The highest BCUT2D eigenvalue weighted by Gasteiger charge is 2.24. The molecule has 1 saturated heterocycles. The van der Waals surface area contributed by atoms with Gasteiger partial charge in [-0.25, -0.2) is 4.98 Å². The van der Waals surface area contributed by atoms with Crippen molar-refractivity contribution in [1.82, 2.24) is 24.6 Å². The number of hydrogen-bond acceptors (Lipinski definition) is 5. The second-order valence-corrected chi connectivity index (χ2v) is 6.71. The number of morpholine rings is 1. The summed E-state index contributed by atoms with van der Waals surface area (Å²) in [6.45, 7) is 10.1. The molecule has 1 atom stereocenters. The molecule has 1 aliphatic rings. The molecule has 3 rings (SSSR count). The molecule has 0 aliphatic carbocycles. The normalized spacial score (nSPS) is 18.6. The number of aryl methyl sites for hydroxylation is 3. The van der Waals surface area contributed by atoms with Gasteiger partial charge in [0.1, 0.15) is 11.9 Å². The van der Waals surface area contributed by atoms with Crippen molar-refractivity contribution in [2.45, 2.75) is 52.8 Å². The topological polar surface area (TPSA) is 76.0 Å². The number of nitrogens with one attached hydrogen (secondary N) is 1. The standard InChI is InChI=1S/C18H27N5O2/c1-4-5-6-23-11-15(13(2)21-23)10-22-7-8-25-17(12-22)16-9-18(24)20-14(3)19-16/h9,11,17H,4-8,10,12H2,1-3H3,(H,19,20,24)/t17-/m0/s1. The van der Waals surface area contributed by atoms with E-state index >= 15 is 0 Å². The molecule has 3 heterocycles. The number of hydrogen-bond donors (Lipinski definition) is 1. The third-order valence-corrected chi connectivity index (χ3v) is 4.54. The Kier molecular flexibility index (Phi) is 5.65. The number of H-pyrrole nitrogens is 1. The second-order valence-electron chi connectivity index (χ2n) is 6.71. The summed E-state index contributed by atoms with van der Waals surface area (Å²) in [5, 5.41) is 4.61. The van der Waals surface area contributed by atoms with Gasteiger partial charge in [0.25, 0.3) is 5.56 Å². The highest BCUT2D eigenvalue weighted by atomic mass is 16.5. The smallest absolute Gasteiger partial charge is 0.251 e. The summed E-state index contributed by atoms with van der Waals surface area (Å²) in [5.74, 6) is 0.622. The fraction of sp³-hybridized carbons (Fsp3) is 0.611. The summed E-state index contributed by atoms with van der Waals surface area (Å²) < 4.78 is 7.90. The molecule has 1 N–H and O–H groups in total. The molecule has 2 aromatic heterocycles. The molecule has 0 bridgehead atoms. The van der Waals surface area contributed by atoms with Gasteiger partial charge in [0.2, 0.25) is 0 Å². The van der Waals surface area contributed by atoms with Gasteiger partial charge >= 0.3 is 0 Å². The van der Waals surface area contributed by atoms with Crippen LogP contribution in [0.4, 0.5) is 0 Å². The van der Waals surface area contributed by atoms with Crippen molar-refractivity contribution in [3.8, 4) is 0 Å². The van der Waals surface area contributed by atoms with Gasteiger partial charge in [-0.1, -0.05) is 13.3 Å². The van der Waals surface area contributed by atoms with E-state index in [1.807, 2.05) is 4.68 Å². The van der Waals surface area contributed by atoms with E-state index in [2.05, 4.69) is 40.0 Å². The van der Waals surface area contributed by atoms with Crippen molar-refractivity contribution >= 4 is 0 Å². The van der Waals surface area contributed by atoms with E-state index in [4.69, 9.17) is 4.74 Å². The molecule has 0 aromatic carbocycles. The van der Waals surface area contributed by atoms with Crippen molar-refractivity contribution in [2.24, 2.45) is 0 Å². The maximum Gasteiger partial charge on any atom is 0.251 e. The number of nitrogens with zero attached hydrogens (tertiary/aromatic N) is 4. The maximum absolute atomic E-state index is 11.7. The summed E-state index contributed by atoms with van der Waals surface area (Å²) in [5.41, 5.74) is 2.92. The first-order chi connectivity index (χ1) is 12.0. The molecule has 1 aliphatic heterocycles. The lowest BCUT2D eigenvalue weighted by molar-refractivity contribution is -0.0352. The number of aromatic nitrogens is 4. The lowest BCUT2D eigenvalue weighted by Gasteiger charge is -2.32. The Morgan fingerprint density at radius 2 is 2.24 bits per heavy atom. The molecule has 7 heteroatoms. The van der Waals surface area contributed by atoms with Crippen molar-refractivity contribution < 1.29 is 4.74 Å². The summed E-state index contributed by atoms with van der Waals surface area (Å²) in [6.07, 6.45) is 4.31. The fourth-order valence-corrected chi connectivity index (χ4v) is 3.18. The number of ether oxygens (including phenoxy) is 1. The first-order valence-corrected chi connectivity index (χ1v) is 9.00. The Labute approximate surface area is 148 Å². The molecule has 7 nitrogen and oxygen atoms in total. The predicted molar refractivity (Wildman–Crippen MR) is 95.4 cm³/mol. The lowest BCUT2D eigenvalue weighted by atomic mass is 10.1. The molecule has 2 aromatic rings. The van der Waals surface area contributed by atoms with Crippen molar-refractivity contribution in [3.05, 3.63) is 45.4 Å². The molecule has 0 radical (unpaired) electrons. The van der Waals surface area contributed by atoms with Crippen molar-refractivity contribution in [3.63, 3.8) is 0 Å². The Hall–Kier alpha value is -1.99. The van der Waals surface area contributed by atoms with E-state index in [9.17, 15) is 4.79 Å². The van der Waals surface area contributed by atoms with Crippen LogP contribution in [0.1, 0.15) is 48.6 Å². The minimum atomic E-state index is -0.162. The van der Waals surface area contributed by atoms with Crippen LogP contribution in [0.15, 0.2) is 17.1 Å². The van der Waals surface area contributed by atoms with Gasteiger partial charge in [0.05, 0.1) is 18.0 Å². The molecule has 0 unspecified atom stereocenters. The third kappa shape index (κ3) is 4.55. The molecular weight excluding hydrogens is 318 g/mol. The van der Waals surface area contributed by atoms with Gasteiger partial charge in [0.15, 0.2) is 0 Å². The number of aromatic amines is 1. The van der Waals surface area contributed by atoms with E-state index in [1.165, 1.54) is 18.1 Å². The Morgan fingerprint density at radius 1 is 1.40 bits per heavy atom. The molecule has 136 valence electrons. The van der Waals surface area contributed by atoms with E-state index < -0.39 is 0 Å². The minimum absolute atomic E-state index is 0.128. The highest BCUT2D eigenvalue weighted by molar-refractivity contribution is 5.16. The van der Waals surface area contributed by atoms with Crippen molar-refractivity contribution in [2.75, 3.05) is 19.7 Å². The Bertz CT molecular complexity index is 767. The summed E-state index contributed by atoms with van der Waals surface area (Å²) in [4.78, 5) is 21.1. The minimum Gasteiger partial charge on any atom is -0.369 e. The van der Waals surface area contributed by atoms with E-state index in [1.54, 1.807) is 6.92 Å². The molecule has 1 fully saturated rings. The van der Waals surface area contributed by atoms with Crippen LogP contribution in [0.5, 0.6) is 0 Å². The molecule has 0 spiro atoms. The zero-order valence-corrected chi connectivity index (χ0v) is 15.3. The highest BCUT2D eigenvalue weighted by Crippen LogP contribution is 2.21. The van der Waals surface area contributed by atoms with Gasteiger partial charge in [-0.05, 0) is 20.3 Å². The van der Waals surface area contributed by atoms with Gasteiger partial charge < -0.3 is 9.72 Å². The lowest BCUT2D eigenvalue weighted by Crippen LogP contribution is -2.38. The Morgan fingerprint density at radius 3 is 3.00 bits per heavy atom. The first kappa shape index (κ1) is 17.8. The quantitative estimate of drug-likeness (QED) is 0.866. The maximum atomic E-state index is 11.7. The summed E-state index contributed by atoms with van der Waals surface area (Å²) in [6, 6.07) is 1.54. The monoisotopic (exact) mass is 345 g/mol. The van der Waals surface area contributed by atoms with Gasteiger partial charge in [-0.3, -0.25) is 14.4 Å². The zero-order valence-electron chi connectivity index (χ0n) is 15.3. The number of unbranched alkanes of at least 4 members (excludes halogenated alkanes) is 1. The SMILES string of the molecule is CCCCn1cc(CN2CCO[C@H](c3cc(=O)[nH]c(C)n3)C2)c(C)n1. The van der Waals surface area contributed by atoms with E-state index in [0.717, 1.165) is 38.3 Å². The van der Waals surface area contributed by atoms with Crippen LogP contribution in [-0.4, -0.2) is 44.3 Å². The third-order valence-electron chi connectivity index (χ3n) is 4.54. The fourth-order valence-electron chi connectivity index (χ4n) is 3.18. The van der Waals surface area contributed by atoms with Crippen LogP contribution in [-0.2, 0) is 17.8 Å². The van der Waals surface area contributed by atoms with Crippen LogP contribution >= 0.6 is 0 Å². The first-order valence-electron chi connectivity index (χ1n) is 9.00. The van der Waals surface area contributed by atoms with E-state index in [0.29, 0.717) is 18.1 Å². The van der Waals surface area contributed by atoms with Crippen LogP contribution in [0.2, 0.25) is 0 Å². The van der Waals surface area contributed by atoms with Gasteiger partial charge in [-0.15, -0.1) is 0 Å². The average molecular weight is 345 g/mol. The largest absolute Gasteiger partial charge is 0.369 e. The summed E-state index contributed by atoms with van der Waals surface area (Å²) in [7, 11) is 0. The van der Waals surface area contributed by atoms with Crippen LogP contribution in [0.25, 0.3) is 0 Å². The van der Waals surface area contributed by atoms with Crippen LogP contribution < -0.4 is 5.56 Å². The van der Waals surface area contributed by atoms with Crippen LogP contribution in [0, 0.1) is 13.8 Å². The average Bonchev–Trinajstić information content (AvgIpc) is 2.92. The van der Waals surface area contributed by atoms with E-state index in [-0.39, 0.29) is 11.7 Å². The Balaban J connectivity index is 1.67. The molecular formula is C18H27N5O2. The van der Waals surface area contributed by atoms with Crippen LogP contribution in [0.3, 0.4) is 0 Å². The molecule has 0 saturated carbocycles. The summed E-state index contributed by atoms with van der Waals surface area (Å²) >= 11 is 0. The van der Waals surface area contributed by atoms with Crippen molar-refractivity contribution in [1.29, 1.82) is 0 Å². The molecule has 25 heavy (non-hydrogen) atoms. The van der Waals surface area contributed by atoms with Gasteiger partial charge in [-0.2, -0.15) is 5.10 Å².